The average molecular weight is 490 g/mol. The maximum atomic E-state index is 13.3. The molecule has 7 nitrogen and oxygen atoms in total. The van der Waals surface area contributed by atoms with Crippen LogP contribution in [0.5, 0.6) is 0 Å². The first kappa shape index (κ1) is 19.3. The largest absolute Gasteiger partial charge is 0.444 e. The maximum absolute atomic E-state index is 13.3. The van der Waals surface area contributed by atoms with Crippen LogP contribution in [0.2, 0.25) is 0 Å². The fourth-order valence-corrected chi connectivity index (χ4v) is 4.85. The smallest absolute Gasteiger partial charge is 0.289 e. The van der Waals surface area contributed by atoms with Gasteiger partial charge in [0.25, 0.3) is 5.91 Å². The number of halogens is 2. The normalized spacial score (nSPS) is 14.6. The molecule has 1 aromatic carbocycles. The van der Waals surface area contributed by atoms with Gasteiger partial charge in [-0.1, -0.05) is 11.3 Å². The molecular formula is C20H17BrFN5O2S. The minimum Gasteiger partial charge on any atom is -0.444 e. The summed E-state index contributed by atoms with van der Waals surface area (Å²) in [6, 6.07) is 9.61. The molecule has 5 rings (SSSR count). The number of benzene rings is 1. The second-order valence-corrected chi connectivity index (χ2v) is 8.76. The van der Waals surface area contributed by atoms with E-state index >= 15 is 0 Å². The number of fused-ring (bicyclic) bond motifs is 1. The van der Waals surface area contributed by atoms with E-state index in [-0.39, 0.29) is 11.7 Å². The van der Waals surface area contributed by atoms with E-state index in [0.717, 1.165) is 26.9 Å². The lowest BCUT2D eigenvalue weighted by Gasteiger charge is -2.34. The van der Waals surface area contributed by atoms with E-state index in [9.17, 15) is 9.18 Å². The highest BCUT2D eigenvalue weighted by atomic mass is 79.9. The second-order valence-electron chi connectivity index (χ2n) is 7.01. The lowest BCUT2D eigenvalue weighted by molar-refractivity contribution is 0.0713. The summed E-state index contributed by atoms with van der Waals surface area (Å²) in [4.78, 5) is 21.4. The van der Waals surface area contributed by atoms with Crippen LogP contribution in [-0.2, 0) is 0 Å². The Labute approximate surface area is 183 Å². The van der Waals surface area contributed by atoms with Crippen LogP contribution in [0.3, 0.4) is 0 Å². The maximum Gasteiger partial charge on any atom is 0.289 e. The van der Waals surface area contributed by atoms with Crippen LogP contribution in [0, 0.1) is 12.7 Å². The van der Waals surface area contributed by atoms with Gasteiger partial charge in [-0.25, -0.2) is 9.07 Å². The van der Waals surface area contributed by atoms with Crippen LogP contribution in [-0.4, -0.2) is 51.8 Å². The summed E-state index contributed by atoms with van der Waals surface area (Å²) in [6.07, 6.45) is 0. The number of carbonyl (C=O) groups is 1. The molecule has 0 radical (unpaired) electrons. The number of aromatic nitrogens is 3. The highest BCUT2D eigenvalue weighted by Gasteiger charge is 2.26. The van der Waals surface area contributed by atoms with Gasteiger partial charge in [0.05, 0.1) is 16.1 Å². The predicted octanol–water partition coefficient (Wildman–Crippen LogP) is 4.25. The van der Waals surface area contributed by atoms with Gasteiger partial charge in [0.1, 0.15) is 5.82 Å². The number of nitrogens with zero attached hydrogens (tertiary/aromatic N) is 5. The first-order valence-corrected chi connectivity index (χ1v) is 11.0. The third-order valence-corrected chi connectivity index (χ3v) is 6.71. The van der Waals surface area contributed by atoms with Crippen LogP contribution < -0.4 is 4.90 Å². The van der Waals surface area contributed by atoms with Gasteiger partial charge in [-0.05, 0) is 59.3 Å². The summed E-state index contributed by atoms with van der Waals surface area (Å²) in [7, 11) is 0. The number of hydrogen-bond donors (Lipinski definition) is 0. The highest BCUT2D eigenvalue weighted by Crippen LogP contribution is 2.33. The molecule has 1 aliphatic rings. The number of carbonyl (C=O) groups excluding carboxylic acids is 1. The quantitative estimate of drug-likeness (QED) is 0.430. The highest BCUT2D eigenvalue weighted by molar-refractivity contribution is 9.10. The number of amides is 1. The second kappa shape index (κ2) is 7.51. The van der Waals surface area contributed by atoms with Crippen molar-refractivity contribution in [3.8, 4) is 5.69 Å². The third kappa shape index (κ3) is 3.39. The van der Waals surface area contributed by atoms with Gasteiger partial charge in [0.15, 0.2) is 21.2 Å². The molecule has 1 amide bonds. The zero-order chi connectivity index (χ0) is 20.8. The number of thiazole rings is 1. The number of furan rings is 1. The van der Waals surface area contributed by atoms with Crippen molar-refractivity contribution in [3.05, 3.63) is 58.3 Å². The van der Waals surface area contributed by atoms with Crippen LogP contribution in [0.4, 0.5) is 9.52 Å². The van der Waals surface area contributed by atoms with Crippen LogP contribution in [0.15, 0.2) is 45.5 Å². The molecule has 1 fully saturated rings. The number of hydrogen-bond acceptors (Lipinski definition) is 6. The Morgan fingerprint density at radius 3 is 2.53 bits per heavy atom. The minimum atomic E-state index is -0.285. The Balaban J connectivity index is 1.35. The van der Waals surface area contributed by atoms with Crippen LogP contribution >= 0.6 is 27.3 Å². The van der Waals surface area contributed by atoms with Crippen molar-refractivity contribution in [2.75, 3.05) is 31.1 Å². The molecule has 0 atom stereocenters. The fourth-order valence-electron chi connectivity index (χ4n) is 3.51. The molecule has 0 bridgehead atoms. The SMILES string of the molecule is Cc1nn(-c2ccc(F)cc2)c2nc(N3CCN(C(=O)c4ccc(Br)o4)CC3)sc12. The molecule has 0 saturated carbocycles. The average Bonchev–Trinajstić information content (AvgIpc) is 3.45. The molecule has 0 N–H and O–H groups in total. The van der Waals surface area contributed by atoms with Gasteiger partial charge in [-0.3, -0.25) is 4.79 Å². The van der Waals surface area contributed by atoms with Crippen molar-refractivity contribution in [2.24, 2.45) is 0 Å². The molecule has 4 aromatic rings. The molecule has 1 saturated heterocycles. The minimum absolute atomic E-state index is 0.104. The molecular weight excluding hydrogens is 473 g/mol. The monoisotopic (exact) mass is 489 g/mol. The Bertz CT molecular complexity index is 1220. The van der Waals surface area contributed by atoms with E-state index in [0.29, 0.717) is 36.6 Å². The van der Waals surface area contributed by atoms with Crippen molar-refractivity contribution in [1.82, 2.24) is 19.7 Å². The Morgan fingerprint density at radius 1 is 1.13 bits per heavy atom. The zero-order valence-electron chi connectivity index (χ0n) is 16.0. The van der Waals surface area contributed by atoms with Gasteiger partial charge >= 0.3 is 0 Å². The zero-order valence-corrected chi connectivity index (χ0v) is 18.4. The summed E-state index contributed by atoms with van der Waals surface area (Å²) < 4.78 is 22.0. The van der Waals surface area contributed by atoms with E-state index in [2.05, 4.69) is 25.9 Å². The van der Waals surface area contributed by atoms with E-state index in [1.165, 1.54) is 12.1 Å². The fraction of sp³-hybridized carbons (Fsp3) is 0.250. The van der Waals surface area contributed by atoms with E-state index in [1.807, 2.05) is 6.92 Å². The van der Waals surface area contributed by atoms with Gasteiger partial charge < -0.3 is 14.2 Å². The summed E-state index contributed by atoms with van der Waals surface area (Å²) in [6.45, 7) is 4.51. The Morgan fingerprint density at radius 2 is 1.87 bits per heavy atom. The molecule has 10 heteroatoms. The van der Waals surface area contributed by atoms with Gasteiger partial charge in [0, 0.05) is 26.2 Å². The van der Waals surface area contributed by atoms with Crippen LogP contribution in [0.25, 0.3) is 16.0 Å². The van der Waals surface area contributed by atoms with Crippen molar-refractivity contribution in [2.45, 2.75) is 6.92 Å². The standard InChI is InChI=1S/C20H17BrFN5O2S/c1-12-17-18(27(24-12)14-4-2-13(22)3-5-14)23-20(30-17)26-10-8-25(9-11-26)19(28)15-6-7-16(21)29-15/h2-7H,8-11H2,1H3. The molecule has 0 spiro atoms. The van der Waals surface area contributed by atoms with Crippen LogP contribution in [0.1, 0.15) is 16.2 Å². The first-order chi connectivity index (χ1) is 14.5. The van der Waals surface area contributed by atoms with E-state index < -0.39 is 0 Å². The summed E-state index contributed by atoms with van der Waals surface area (Å²) in [5.41, 5.74) is 2.42. The van der Waals surface area contributed by atoms with Gasteiger partial charge in [0.2, 0.25) is 0 Å². The summed E-state index contributed by atoms with van der Waals surface area (Å²) >= 11 is 4.82. The molecule has 0 unspecified atom stereocenters. The summed E-state index contributed by atoms with van der Waals surface area (Å²) in [5, 5.41) is 5.46. The number of anilines is 1. The van der Waals surface area contributed by atoms with Crippen molar-refractivity contribution in [3.63, 3.8) is 0 Å². The number of piperazine rings is 1. The Kier molecular flexibility index (Phi) is 4.82. The van der Waals surface area contributed by atoms with Gasteiger partial charge in [-0.15, -0.1) is 0 Å². The predicted molar refractivity (Wildman–Crippen MR) is 116 cm³/mol. The molecule has 0 aliphatic carbocycles. The van der Waals surface area contributed by atoms with Gasteiger partial charge in [-0.2, -0.15) is 10.1 Å². The molecule has 154 valence electrons. The number of aryl methyl sites for hydroxylation is 1. The summed E-state index contributed by atoms with van der Waals surface area (Å²) in [5.74, 6) is -0.0510. The molecule has 1 aliphatic heterocycles. The topological polar surface area (TPSA) is 67.4 Å². The molecule has 30 heavy (non-hydrogen) atoms. The van der Waals surface area contributed by atoms with Crippen molar-refractivity contribution < 1.29 is 13.6 Å². The van der Waals surface area contributed by atoms with Crippen molar-refractivity contribution in [1.29, 1.82) is 0 Å². The number of rotatable bonds is 3. The van der Waals surface area contributed by atoms with Crippen molar-refractivity contribution >= 4 is 48.7 Å². The lowest BCUT2D eigenvalue weighted by Crippen LogP contribution is -2.48. The molecule has 4 heterocycles. The molecule has 3 aromatic heterocycles. The third-order valence-electron chi connectivity index (χ3n) is 5.07. The lowest BCUT2D eigenvalue weighted by atomic mass is 10.3. The van der Waals surface area contributed by atoms with E-state index in [4.69, 9.17) is 9.40 Å². The first-order valence-electron chi connectivity index (χ1n) is 9.41. The van der Waals surface area contributed by atoms with E-state index in [1.54, 1.807) is 45.2 Å². The Hall–Kier alpha value is -2.72.